The standard InChI is InChI=1S/C27H35FN8O4S/c1-7-25(37)30-21-15-22(24(40-6)16-23(21)36(5)14-13-35(3)4)32-27-29-17-18(28)26(33-27)31-19-11-9-10-12-20(19)34-41(38,39)8-2/h7,9-12,15-17,34H,1,8,13-14H2,2-6H3,(H,30,37)(H2,29,31,32,33). The Labute approximate surface area is 239 Å². The maximum absolute atomic E-state index is 14.7. The molecule has 0 saturated carbocycles. The SMILES string of the molecule is C=CC(=O)Nc1cc(Nc2ncc(F)c(Nc3ccccc3NS(=O)(=O)CC)n2)c(OC)cc1N(C)CCN(C)C. The Morgan fingerprint density at radius 3 is 2.41 bits per heavy atom. The second kappa shape index (κ2) is 13.8. The van der Waals surface area contributed by atoms with Crippen LogP contribution in [-0.4, -0.2) is 76.3 Å². The molecule has 0 fully saturated rings. The Morgan fingerprint density at radius 2 is 1.78 bits per heavy atom. The van der Waals surface area contributed by atoms with E-state index in [2.05, 4.69) is 37.2 Å². The van der Waals surface area contributed by atoms with E-state index in [4.69, 9.17) is 4.74 Å². The quantitative estimate of drug-likeness (QED) is 0.205. The summed E-state index contributed by atoms with van der Waals surface area (Å²) in [5.41, 5.74) is 2.13. The Bertz CT molecular complexity index is 1500. The van der Waals surface area contributed by atoms with Crippen molar-refractivity contribution in [2.75, 3.05) is 72.7 Å². The summed E-state index contributed by atoms with van der Waals surface area (Å²) >= 11 is 0. The Kier molecular flexibility index (Phi) is 10.4. The summed E-state index contributed by atoms with van der Waals surface area (Å²) in [6.45, 7) is 6.48. The number of likely N-dealkylation sites (N-methyl/N-ethyl adjacent to an activating group) is 2. The molecule has 0 bridgehead atoms. The Hall–Kier alpha value is -4.43. The minimum Gasteiger partial charge on any atom is -0.494 e. The third-order valence-corrected chi connectivity index (χ3v) is 7.16. The van der Waals surface area contributed by atoms with Crippen LogP contribution >= 0.6 is 0 Å². The molecule has 41 heavy (non-hydrogen) atoms. The molecular formula is C27H35FN8O4S. The number of aromatic nitrogens is 2. The van der Waals surface area contributed by atoms with E-state index in [1.807, 2.05) is 30.9 Å². The number of anilines is 7. The normalized spacial score (nSPS) is 11.1. The number of benzene rings is 2. The zero-order valence-corrected chi connectivity index (χ0v) is 24.5. The highest BCUT2D eigenvalue weighted by atomic mass is 32.2. The fourth-order valence-electron chi connectivity index (χ4n) is 3.59. The summed E-state index contributed by atoms with van der Waals surface area (Å²) in [7, 11) is 3.76. The van der Waals surface area contributed by atoms with E-state index >= 15 is 0 Å². The van der Waals surface area contributed by atoms with Gasteiger partial charge in [-0.25, -0.2) is 17.8 Å². The summed E-state index contributed by atoms with van der Waals surface area (Å²) in [6, 6.07) is 9.88. The number of ether oxygens (including phenoxy) is 1. The van der Waals surface area contributed by atoms with Gasteiger partial charge in [0, 0.05) is 26.2 Å². The van der Waals surface area contributed by atoms with Crippen molar-refractivity contribution in [2.45, 2.75) is 6.92 Å². The van der Waals surface area contributed by atoms with Crippen molar-refractivity contribution >= 4 is 56.1 Å². The molecule has 14 heteroatoms. The summed E-state index contributed by atoms with van der Waals surface area (Å²) in [5.74, 6) is -1.02. The van der Waals surface area contributed by atoms with Gasteiger partial charge in [-0.05, 0) is 45.3 Å². The van der Waals surface area contributed by atoms with Crippen molar-refractivity contribution < 1.29 is 22.3 Å². The van der Waals surface area contributed by atoms with Crippen LogP contribution in [0.1, 0.15) is 6.92 Å². The van der Waals surface area contributed by atoms with Crippen LogP contribution in [-0.2, 0) is 14.8 Å². The molecule has 0 radical (unpaired) electrons. The number of halogens is 1. The third kappa shape index (κ3) is 8.53. The molecule has 0 spiro atoms. The van der Waals surface area contributed by atoms with Crippen molar-refractivity contribution in [1.29, 1.82) is 0 Å². The number of methoxy groups -OCH3 is 1. The number of hydrogen-bond acceptors (Lipinski definition) is 10. The van der Waals surface area contributed by atoms with E-state index in [9.17, 15) is 17.6 Å². The number of nitrogens with zero attached hydrogens (tertiary/aromatic N) is 4. The topological polar surface area (TPSA) is 141 Å². The molecule has 1 amide bonds. The van der Waals surface area contributed by atoms with E-state index in [0.717, 1.165) is 12.7 Å². The first-order valence-corrected chi connectivity index (χ1v) is 14.3. The second-order valence-electron chi connectivity index (χ2n) is 9.18. The zero-order valence-electron chi connectivity index (χ0n) is 23.7. The Morgan fingerprint density at radius 1 is 1.07 bits per heavy atom. The van der Waals surface area contributed by atoms with E-state index in [1.165, 1.54) is 20.1 Å². The monoisotopic (exact) mass is 586 g/mol. The van der Waals surface area contributed by atoms with Gasteiger partial charge in [-0.1, -0.05) is 18.7 Å². The van der Waals surface area contributed by atoms with Crippen LogP contribution in [0.4, 0.5) is 44.6 Å². The predicted octanol–water partition coefficient (Wildman–Crippen LogP) is 4.00. The molecule has 0 saturated heterocycles. The molecule has 220 valence electrons. The minimum absolute atomic E-state index is 0.0218. The Balaban J connectivity index is 1.96. The number of carbonyl (C=O) groups excluding carboxylic acids is 1. The van der Waals surface area contributed by atoms with Crippen LogP contribution in [0, 0.1) is 5.82 Å². The molecule has 0 aliphatic rings. The first-order valence-electron chi connectivity index (χ1n) is 12.6. The van der Waals surface area contributed by atoms with Gasteiger partial charge in [0.05, 0.1) is 47.5 Å². The highest BCUT2D eigenvalue weighted by molar-refractivity contribution is 7.92. The van der Waals surface area contributed by atoms with E-state index in [0.29, 0.717) is 35.0 Å². The fraction of sp³-hybridized carbons (Fsp3) is 0.296. The van der Waals surface area contributed by atoms with Crippen LogP contribution in [0.5, 0.6) is 5.75 Å². The molecular weight excluding hydrogens is 551 g/mol. The highest BCUT2D eigenvalue weighted by Crippen LogP contribution is 2.38. The lowest BCUT2D eigenvalue weighted by atomic mass is 10.2. The average molecular weight is 587 g/mol. The fourth-order valence-corrected chi connectivity index (χ4v) is 4.25. The maximum atomic E-state index is 14.7. The number of hydrogen-bond donors (Lipinski definition) is 4. The third-order valence-electron chi connectivity index (χ3n) is 5.87. The molecule has 0 aliphatic carbocycles. The van der Waals surface area contributed by atoms with Crippen molar-refractivity contribution in [2.24, 2.45) is 0 Å². The zero-order chi connectivity index (χ0) is 30.2. The minimum atomic E-state index is -3.57. The lowest BCUT2D eigenvalue weighted by Crippen LogP contribution is -2.29. The van der Waals surface area contributed by atoms with Crippen molar-refractivity contribution in [3.63, 3.8) is 0 Å². The summed E-state index contributed by atoms with van der Waals surface area (Å²) < 4.78 is 47.0. The van der Waals surface area contributed by atoms with Crippen molar-refractivity contribution in [3.8, 4) is 5.75 Å². The predicted molar refractivity (Wildman–Crippen MR) is 162 cm³/mol. The van der Waals surface area contributed by atoms with Gasteiger partial charge in [0.1, 0.15) is 5.75 Å². The number of para-hydroxylation sites is 2. The molecule has 12 nitrogen and oxygen atoms in total. The first kappa shape index (κ1) is 31.1. The van der Waals surface area contributed by atoms with E-state index in [-0.39, 0.29) is 23.2 Å². The van der Waals surface area contributed by atoms with Gasteiger partial charge in [0.25, 0.3) is 0 Å². The van der Waals surface area contributed by atoms with Gasteiger partial charge >= 0.3 is 0 Å². The first-order chi connectivity index (χ1) is 19.5. The summed E-state index contributed by atoms with van der Waals surface area (Å²) in [6.07, 6.45) is 2.15. The van der Waals surface area contributed by atoms with Gasteiger partial charge < -0.3 is 30.5 Å². The van der Waals surface area contributed by atoms with E-state index < -0.39 is 21.7 Å². The molecule has 1 heterocycles. The van der Waals surface area contributed by atoms with Crippen LogP contribution in [0.3, 0.4) is 0 Å². The number of amides is 1. The van der Waals surface area contributed by atoms with Crippen LogP contribution in [0.15, 0.2) is 55.3 Å². The summed E-state index contributed by atoms with van der Waals surface area (Å²) in [4.78, 5) is 24.5. The number of carbonyl (C=O) groups is 1. The number of nitrogens with one attached hydrogen (secondary N) is 4. The van der Waals surface area contributed by atoms with Crippen molar-refractivity contribution in [1.82, 2.24) is 14.9 Å². The largest absolute Gasteiger partial charge is 0.494 e. The van der Waals surface area contributed by atoms with Gasteiger partial charge in [-0.3, -0.25) is 9.52 Å². The maximum Gasteiger partial charge on any atom is 0.247 e. The van der Waals surface area contributed by atoms with Gasteiger partial charge in [0.15, 0.2) is 11.6 Å². The molecule has 3 rings (SSSR count). The van der Waals surface area contributed by atoms with Crippen molar-refractivity contribution in [3.05, 3.63) is 61.1 Å². The lowest BCUT2D eigenvalue weighted by Gasteiger charge is -2.26. The van der Waals surface area contributed by atoms with Crippen LogP contribution in [0.25, 0.3) is 0 Å². The molecule has 1 aromatic heterocycles. The molecule has 3 aromatic rings. The molecule has 0 unspecified atom stereocenters. The molecule has 4 N–H and O–H groups in total. The van der Waals surface area contributed by atoms with Crippen LogP contribution < -0.4 is 30.3 Å². The van der Waals surface area contributed by atoms with Crippen LogP contribution in [0.2, 0.25) is 0 Å². The highest BCUT2D eigenvalue weighted by Gasteiger charge is 2.18. The van der Waals surface area contributed by atoms with Gasteiger partial charge in [0.2, 0.25) is 21.9 Å². The number of rotatable bonds is 14. The number of sulfonamides is 1. The average Bonchev–Trinajstić information content (AvgIpc) is 2.94. The lowest BCUT2D eigenvalue weighted by molar-refractivity contribution is -0.111. The molecule has 2 aromatic carbocycles. The summed E-state index contributed by atoms with van der Waals surface area (Å²) in [5, 5.41) is 8.66. The van der Waals surface area contributed by atoms with Gasteiger partial charge in [-0.15, -0.1) is 0 Å². The smallest absolute Gasteiger partial charge is 0.247 e. The second-order valence-corrected chi connectivity index (χ2v) is 11.2. The molecule has 0 atom stereocenters. The van der Waals surface area contributed by atoms with Gasteiger partial charge in [-0.2, -0.15) is 4.98 Å². The van der Waals surface area contributed by atoms with E-state index in [1.54, 1.807) is 36.4 Å². The molecule has 0 aliphatic heterocycles.